The predicted octanol–water partition coefficient (Wildman–Crippen LogP) is 3.30. The molecule has 5 nitrogen and oxygen atoms in total. The van der Waals surface area contributed by atoms with Crippen LogP contribution in [0.4, 0.5) is 4.39 Å². The lowest BCUT2D eigenvalue weighted by Crippen LogP contribution is -2.09. The number of halogens is 1. The van der Waals surface area contributed by atoms with Crippen LogP contribution in [-0.2, 0) is 11.3 Å². The van der Waals surface area contributed by atoms with Crippen LogP contribution in [0.3, 0.4) is 0 Å². The molecule has 0 saturated carbocycles. The van der Waals surface area contributed by atoms with Crippen molar-refractivity contribution in [2.24, 2.45) is 0 Å². The molecule has 122 valence electrons. The van der Waals surface area contributed by atoms with Crippen LogP contribution >= 0.6 is 0 Å². The van der Waals surface area contributed by atoms with E-state index in [1.165, 1.54) is 30.3 Å². The number of carbonyl (C=O) groups excluding carboxylic acids is 1. The number of ether oxygens (including phenoxy) is 1. The number of rotatable bonds is 3. The minimum absolute atomic E-state index is 0.00819. The van der Waals surface area contributed by atoms with Crippen molar-refractivity contribution in [1.29, 1.82) is 0 Å². The van der Waals surface area contributed by atoms with E-state index >= 15 is 0 Å². The van der Waals surface area contributed by atoms with Gasteiger partial charge in [0.25, 0.3) is 0 Å². The van der Waals surface area contributed by atoms with Crippen molar-refractivity contribution in [1.82, 2.24) is 0 Å². The Labute approximate surface area is 135 Å². The molecule has 0 radical (unpaired) electrons. The van der Waals surface area contributed by atoms with Crippen molar-refractivity contribution in [2.45, 2.75) is 13.5 Å². The number of phenolic OH excluding ortho intramolecular Hbond substituents is 1. The Morgan fingerprint density at radius 1 is 1.25 bits per heavy atom. The average molecular weight is 328 g/mol. The molecule has 2 aromatic carbocycles. The van der Waals surface area contributed by atoms with Crippen molar-refractivity contribution < 1.29 is 23.4 Å². The highest BCUT2D eigenvalue weighted by Crippen LogP contribution is 2.27. The lowest BCUT2D eigenvalue weighted by Gasteiger charge is -2.09. The van der Waals surface area contributed by atoms with Crippen LogP contribution in [0.25, 0.3) is 11.0 Å². The molecule has 0 unspecified atom stereocenters. The number of esters is 1. The molecular formula is C18H13FO5. The van der Waals surface area contributed by atoms with E-state index in [4.69, 9.17) is 9.15 Å². The van der Waals surface area contributed by atoms with Crippen LogP contribution in [-0.4, -0.2) is 11.1 Å². The number of hydrogen-bond acceptors (Lipinski definition) is 5. The summed E-state index contributed by atoms with van der Waals surface area (Å²) in [6, 6.07) is 9.70. The molecule has 0 atom stereocenters. The van der Waals surface area contributed by atoms with Crippen molar-refractivity contribution in [3.05, 3.63) is 75.4 Å². The van der Waals surface area contributed by atoms with Crippen molar-refractivity contribution in [2.75, 3.05) is 0 Å². The van der Waals surface area contributed by atoms with Gasteiger partial charge < -0.3 is 14.3 Å². The Balaban J connectivity index is 1.94. The van der Waals surface area contributed by atoms with Gasteiger partial charge in [-0.25, -0.2) is 14.0 Å². The van der Waals surface area contributed by atoms with E-state index in [2.05, 4.69) is 0 Å². The van der Waals surface area contributed by atoms with Gasteiger partial charge in [0.05, 0.1) is 5.56 Å². The van der Waals surface area contributed by atoms with Crippen molar-refractivity contribution >= 4 is 16.9 Å². The normalized spacial score (nSPS) is 10.8. The maximum absolute atomic E-state index is 13.6. The van der Waals surface area contributed by atoms with E-state index < -0.39 is 17.4 Å². The number of fused-ring (bicyclic) bond motifs is 1. The summed E-state index contributed by atoms with van der Waals surface area (Å²) in [5, 5.41) is 10.2. The van der Waals surface area contributed by atoms with Crippen LogP contribution in [0.1, 0.15) is 21.5 Å². The third-order valence-electron chi connectivity index (χ3n) is 3.67. The van der Waals surface area contributed by atoms with Gasteiger partial charge in [0.2, 0.25) is 0 Å². The Morgan fingerprint density at radius 3 is 2.75 bits per heavy atom. The lowest BCUT2D eigenvalue weighted by molar-refractivity contribution is 0.0468. The summed E-state index contributed by atoms with van der Waals surface area (Å²) in [4.78, 5) is 23.7. The zero-order chi connectivity index (χ0) is 17.3. The molecule has 1 aromatic heterocycles. The molecule has 0 aliphatic rings. The second-order valence-corrected chi connectivity index (χ2v) is 5.23. The predicted molar refractivity (Wildman–Crippen MR) is 84.4 cm³/mol. The zero-order valence-corrected chi connectivity index (χ0v) is 12.7. The summed E-state index contributed by atoms with van der Waals surface area (Å²) >= 11 is 0. The molecule has 1 N–H and O–H groups in total. The van der Waals surface area contributed by atoms with Gasteiger partial charge >= 0.3 is 11.6 Å². The summed E-state index contributed by atoms with van der Waals surface area (Å²) in [6.45, 7) is 1.38. The highest BCUT2D eigenvalue weighted by molar-refractivity contribution is 5.90. The molecule has 0 aliphatic heterocycles. The molecule has 0 amide bonds. The van der Waals surface area contributed by atoms with Crippen molar-refractivity contribution in [3.8, 4) is 5.75 Å². The van der Waals surface area contributed by atoms with Crippen LogP contribution in [0.2, 0.25) is 0 Å². The topological polar surface area (TPSA) is 76.7 Å². The molecule has 3 rings (SSSR count). The number of hydrogen-bond donors (Lipinski definition) is 1. The van der Waals surface area contributed by atoms with Crippen LogP contribution in [0, 0.1) is 12.7 Å². The first-order valence-corrected chi connectivity index (χ1v) is 7.14. The van der Waals surface area contributed by atoms with E-state index in [0.717, 1.165) is 6.07 Å². The van der Waals surface area contributed by atoms with Gasteiger partial charge in [-0.05, 0) is 31.2 Å². The van der Waals surface area contributed by atoms with E-state index in [-0.39, 0.29) is 23.5 Å². The van der Waals surface area contributed by atoms with Gasteiger partial charge in [0.1, 0.15) is 23.8 Å². The van der Waals surface area contributed by atoms with Crippen LogP contribution < -0.4 is 5.63 Å². The summed E-state index contributed by atoms with van der Waals surface area (Å²) in [7, 11) is 0. The maximum atomic E-state index is 13.6. The lowest BCUT2D eigenvalue weighted by atomic mass is 10.1. The standard InChI is InChI=1S/C18H13FO5/c1-10-15(20)7-6-12-11(8-16(21)24-17(10)12)9-23-18(22)13-4-2-3-5-14(13)19/h2-8,20H,9H2,1H3. The van der Waals surface area contributed by atoms with Crippen LogP contribution in [0.15, 0.2) is 51.7 Å². The maximum Gasteiger partial charge on any atom is 0.341 e. The summed E-state index contributed by atoms with van der Waals surface area (Å²) in [6.07, 6.45) is 0. The van der Waals surface area contributed by atoms with Gasteiger partial charge in [-0.2, -0.15) is 0 Å². The van der Waals surface area contributed by atoms with E-state index in [0.29, 0.717) is 16.5 Å². The summed E-state index contributed by atoms with van der Waals surface area (Å²) in [5.41, 5.74) is 0.229. The average Bonchev–Trinajstić information content (AvgIpc) is 2.56. The minimum atomic E-state index is -0.829. The third-order valence-corrected chi connectivity index (χ3v) is 3.67. The SMILES string of the molecule is Cc1c(O)ccc2c(COC(=O)c3ccccc3F)cc(=O)oc12. The fourth-order valence-corrected chi connectivity index (χ4v) is 2.38. The van der Waals surface area contributed by atoms with E-state index in [1.54, 1.807) is 13.0 Å². The number of phenols is 1. The minimum Gasteiger partial charge on any atom is -0.508 e. The largest absolute Gasteiger partial charge is 0.508 e. The summed E-state index contributed by atoms with van der Waals surface area (Å²) < 4.78 is 23.8. The van der Waals surface area contributed by atoms with E-state index in [1.807, 2.05) is 0 Å². The molecule has 6 heteroatoms. The number of carbonyl (C=O) groups is 1. The molecular weight excluding hydrogens is 315 g/mol. The first-order chi connectivity index (χ1) is 11.5. The van der Waals surface area contributed by atoms with Gasteiger partial charge in [-0.3, -0.25) is 0 Å². The number of aryl methyl sites for hydroxylation is 1. The monoisotopic (exact) mass is 328 g/mol. The molecule has 0 aliphatic carbocycles. The smallest absolute Gasteiger partial charge is 0.341 e. The van der Waals surface area contributed by atoms with Crippen molar-refractivity contribution in [3.63, 3.8) is 0 Å². The first-order valence-electron chi connectivity index (χ1n) is 7.14. The molecule has 1 heterocycles. The Morgan fingerprint density at radius 2 is 2.00 bits per heavy atom. The fourth-order valence-electron chi connectivity index (χ4n) is 2.38. The van der Waals surface area contributed by atoms with Gasteiger partial charge in [0, 0.05) is 22.6 Å². The Hall–Kier alpha value is -3.15. The Kier molecular flexibility index (Phi) is 4.04. The number of benzene rings is 2. The molecule has 0 spiro atoms. The fraction of sp³-hybridized carbons (Fsp3) is 0.111. The molecule has 0 bridgehead atoms. The van der Waals surface area contributed by atoms with Gasteiger partial charge in [-0.15, -0.1) is 0 Å². The van der Waals surface area contributed by atoms with Gasteiger partial charge in [0.15, 0.2) is 0 Å². The summed E-state index contributed by atoms with van der Waals surface area (Å²) in [5.74, 6) is -1.52. The van der Waals surface area contributed by atoms with E-state index in [9.17, 15) is 19.1 Å². The Bertz CT molecular complexity index is 990. The molecule has 0 fully saturated rings. The number of aromatic hydroxyl groups is 1. The molecule has 0 saturated heterocycles. The second-order valence-electron chi connectivity index (χ2n) is 5.23. The zero-order valence-electron chi connectivity index (χ0n) is 12.7. The third kappa shape index (κ3) is 2.86. The highest BCUT2D eigenvalue weighted by atomic mass is 19.1. The molecule has 3 aromatic rings. The highest BCUT2D eigenvalue weighted by Gasteiger charge is 2.15. The first kappa shape index (κ1) is 15.7. The van der Waals surface area contributed by atoms with Gasteiger partial charge in [-0.1, -0.05) is 12.1 Å². The molecule has 24 heavy (non-hydrogen) atoms. The second kappa shape index (κ2) is 6.16. The van der Waals surface area contributed by atoms with Crippen LogP contribution in [0.5, 0.6) is 5.75 Å². The quantitative estimate of drug-likeness (QED) is 0.590.